The molecule has 1 nitrogen and oxygen atoms in total. The molecule has 1 aromatic rings. The summed E-state index contributed by atoms with van der Waals surface area (Å²) >= 11 is 3.19. The molecule has 3 heteroatoms. The van der Waals surface area contributed by atoms with Crippen molar-refractivity contribution >= 4 is 21.6 Å². The highest BCUT2D eigenvalue weighted by atomic mass is 79.9. The van der Waals surface area contributed by atoms with Gasteiger partial charge in [0.25, 0.3) is 0 Å². The van der Waals surface area contributed by atoms with Gasteiger partial charge in [-0.2, -0.15) is 0 Å². The van der Waals surface area contributed by atoms with Crippen LogP contribution in [0.3, 0.4) is 0 Å². The lowest BCUT2D eigenvalue weighted by atomic mass is 9.63. The Bertz CT molecular complexity index is 452. The van der Waals surface area contributed by atoms with Gasteiger partial charge in [-0.3, -0.25) is 0 Å². The zero-order valence-electron chi connectivity index (χ0n) is 12.2. The largest absolute Gasteiger partial charge is 0.382 e. The van der Waals surface area contributed by atoms with Crippen molar-refractivity contribution in [3.05, 3.63) is 28.5 Å². The van der Waals surface area contributed by atoms with Gasteiger partial charge in [0.05, 0.1) is 4.47 Å². The van der Waals surface area contributed by atoms with Crippen LogP contribution in [-0.4, -0.2) is 6.04 Å². The lowest BCUT2D eigenvalue weighted by Gasteiger charge is -2.45. The van der Waals surface area contributed by atoms with Crippen molar-refractivity contribution < 1.29 is 4.39 Å². The van der Waals surface area contributed by atoms with Crippen molar-refractivity contribution in [3.8, 4) is 0 Å². The van der Waals surface area contributed by atoms with Gasteiger partial charge in [-0.25, -0.2) is 4.39 Å². The fraction of sp³-hybridized carbons (Fsp3) is 0.625. The summed E-state index contributed by atoms with van der Waals surface area (Å²) in [7, 11) is 0. The molecule has 0 bridgehead atoms. The van der Waals surface area contributed by atoms with Gasteiger partial charge in [-0.15, -0.1) is 0 Å². The quantitative estimate of drug-likeness (QED) is 0.744. The van der Waals surface area contributed by atoms with Gasteiger partial charge in [0.1, 0.15) is 5.82 Å². The Kier molecular flexibility index (Phi) is 3.97. The SMILES string of the molecule is CC1(C)CC(Nc2ccc(Br)c(F)c2)CC(C)(C)C1. The maximum Gasteiger partial charge on any atom is 0.139 e. The Balaban J connectivity index is 2.11. The van der Waals surface area contributed by atoms with Crippen LogP contribution in [0.2, 0.25) is 0 Å². The van der Waals surface area contributed by atoms with Crippen LogP contribution >= 0.6 is 15.9 Å². The molecule has 0 heterocycles. The Morgan fingerprint density at radius 1 is 1.16 bits per heavy atom. The Morgan fingerprint density at radius 3 is 2.26 bits per heavy atom. The second-order valence-corrected chi connectivity index (χ2v) is 8.24. The van der Waals surface area contributed by atoms with Crippen molar-refractivity contribution in [2.75, 3.05) is 5.32 Å². The Hall–Kier alpha value is -0.570. The molecule has 0 spiro atoms. The third-order valence-corrected chi connectivity index (χ3v) is 4.49. The predicted molar refractivity (Wildman–Crippen MR) is 82.9 cm³/mol. The average molecular weight is 328 g/mol. The number of hydrogen-bond acceptors (Lipinski definition) is 1. The Labute approximate surface area is 124 Å². The summed E-state index contributed by atoms with van der Waals surface area (Å²) in [5.41, 5.74) is 1.56. The van der Waals surface area contributed by atoms with E-state index >= 15 is 0 Å². The molecule has 19 heavy (non-hydrogen) atoms. The van der Waals surface area contributed by atoms with Gasteiger partial charge in [0.15, 0.2) is 0 Å². The molecule has 0 radical (unpaired) electrons. The van der Waals surface area contributed by atoms with Gasteiger partial charge in [0.2, 0.25) is 0 Å². The molecule has 1 saturated carbocycles. The summed E-state index contributed by atoms with van der Waals surface area (Å²) in [5.74, 6) is -0.209. The van der Waals surface area contributed by atoms with Crippen molar-refractivity contribution in [1.29, 1.82) is 0 Å². The molecular formula is C16H23BrFN. The highest BCUT2D eigenvalue weighted by Gasteiger charge is 2.38. The van der Waals surface area contributed by atoms with Gasteiger partial charge in [-0.05, 0) is 64.2 Å². The van der Waals surface area contributed by atoms with E-state index < -0.39 is 0 Å². The predicted octanol–water partition coefficient (Wildman–Crippen LogP) is 5.61. The van der Waals surface area contributed by atoms with Crippen LogP contribution in [0.1, 0.15) is 47.0 Å². The summed E-state index contributed by atoms with van der Waals surface area (Å²) in [5, 5.41) is 3.50. The van der Waals surface area contributed by atoms with Gasteiger partial charge in [0, 0.05) is 11.7 Å². The molecule has 0 saturated heterocycles. The highest BCUT2D eigenvalue weighted by Crippen LogP contribution is 2.46. The number of halogens is 2. The summed E-state index contributed by atoms with van der Waals surface area (Å²) < 4.78 is 14.1. The molecule has 0 atom stereocenters. The average Bonchev–Trinajstić information content (AvgIpc) is 2.18. The van der Waals surface area contributed by atoms with Crippen LogP contribution in [0, 0.1) is 16.6 Å². The van der Waals surface area contributed by atoms with Crippen LogP contribution in [-0.2, 0) is 0 Å². The molecule has 106 valence electrons. The smallest absolute Gasteiger partial charge is 0.139 e. The van der Waals surface area contributed by atoms with E-state index in [-0.39, 0.29) is 5.82 Å². The molecule has 1 aliphatic carbocycles. The monoisotopic (exact) mass is 327 g/mol. The summed E-state index contributed by atoms with van der Waals surface area (Å²) in [6.45, 7) is 9.30. The minimum Gasteiger partial charge on any atom is -0.382 e. The topological polar surface area (TPSA) is 12.0 Å². The molecule has 0 aromatic heterocycles. The third-order valence-electron chi connectivity index (χ3n) is 3.85. The van der Waals surface area contributed by atoms with Crippen molar-refractivity contribution in [2.24, 2.45) is 10.8 Å². The Morgan fingerprint density at radius 2 is 1.74 bits per heavy atom. The first-order valence-electron chi connectivity index (χ1n) is 6.89. The lowest BCUT2D eigenvalue weighted by Crippen LogP contribution is -2.40. The standard InChI is InChI=1S/C16H23BrFN/c1-15(2)8-12(9-16(3,4)10-15)19-11-5-6-13(17)14(18)7-11/h5-7,12,19H,8-10H2,1-4H3. The van der Waals surface area contributed by atoms with E-state index in [1.165, 1.54) is 6.42 Å². The van der Waals surface area contributed by atoms with E-state index in [2.05, 4.69) is 48.9 Å². The molecule has 1 aromatic carbocycles. The molecule has 2 rings (SSSR count). The maximum atomic E-state index is 13.6. The second kappa shape index (κ2) is 5.08. The first-order chi connectivity index (χ1) is 8.67. The van der Waals surface area contributed by atoms with Crippen LogP contribution in [0.5, 0.6) is 0 Å². The van der Waals surface area contributed by atoms with Crippen molar-refractivity contribution in [1.82, 2.24) is 0 Å². The first-order valence-corrected chi connectivity index (χ1v) is 7.68. The lowest BCUT2D eigenvalue weighted by molar-refractivity contribution is 0.105. The van der Waals surface area contributed by atoms with Gasteiger partial charge in [-0.1, -0.05) is 27.7 Å². The van der Waals surface area contributed by atoms with Crippen molar-refractivity contribution in [2.45, 2.75) is 53.0 Å². The van der Waals surface area contributed by atoms with Crippen LogP contribution in [0.25, 0.3) is 0 Å². The highest BCUT2D eigenvalue weighted by molar-refractivity contribution is 9.10. The van der Waals surface area contributed by atoms with Crippen LogP contribution in [0.4, 0.5) is 10.1 Å². The molecule has 0 amide bonds. The summed E-state index contributed by atoms with van der Waals surface area (Å²) in [6, 6.07) is 5.68. The van der Waals surface area contributed by atoms with Crippen LogP contribution < -0.4 is 5.32 Å². The number of benzene rings is 1. The van der Waals surface area contributed by atoms with E-state index in [4.69, 9.17) is 0 Å². The van der Waals surface area contributed by atoms with E-state index in [9.17, 15) is 4.39 Å². The third kappa shape index (κ3) is 3.95. The molecule has 1 N–H and O–H groups in total. The van der Waals surface area contributed by atoms with E-state index in [1.807, 2.05) is 6.07 Å². The number of hydrogen-bond donors (Lipinski definition) is 1. The zero-order valence-corrected chi connectivity index (χ0v) is 13.8. The van der Waals surface area contributed by atoms with Crippen LogP contribution in [0.15, 0.2) is 22.7 Å². The van der Waals surface area contributed by atoms with E-state index in [0.717, 1.165) is 18.5 Å². The maximum absolute atomic E-state index is 13.6. The number of rotatable bonds is 2. The van der Waals surface area contributed by atoms with E-state index in [0.29, 0.717) is 21.3 Å². The number of anilines is 1. The summed E-state index contributed by atoms with van der Waals surface area (Å²) in [4.78, 5) is 0. The minimum absolute atomic E-state index is 0.209. The molecule has 0 unspecified atom stereocenters. The normalized spacial score (nSPS) is 22.2. The molecule has 0 aliphatic heterocycles. The fourth-order valence-corrected chi connectivity index (χ4v) is 4.02. The molecule has 1 aliphatic rings. The number of nitrogens with one attached hydrogen (secondary N) is 1. The van der Waals surface area contributed by atoms with Gasteiger partial charge < -0.3 is 5.32 Å². The summed E-state index contributed by atoms with van der Waals surface area (Å²) in [6.07, 6.45) is 3.51. The van der Waals surface area contributed by atoms with E-state index in [1.54, 1.807) is 12.1 Å². The first kappa shape index (κ1) is 14.8. The molecular weight excluding hydrogens is 305 g/mol. The fourth-order valence-electron chi connectivity index (χ4n) is 3.77. The second-order valence-electron chi connectivity index (χ2n) is 7.38. The zero-order chi connectivity index (χ0) is 14.3. The van der Waals surface area contributed by atoms with Gasteiger partial charge >= 0.3 is 0 Å². The minimum atomic E-state index is -0.209. The van der Waals surface area contributed by atoms with Crippen molar-refractivity contribution in [3.63, 3.8) is 0 Å². The molecule has 1 fully saturated rings.